The molecule has 0 aliphatic carbocycles. The summed E-state index contributed by atoms with van der Waals surface area (Å²) in [6.07, 6.45) is 3.14. The van der Waals surface area contributed by atoms with E-state index < -0.39 is 11.6 Å². The largest absolute Gasteiger partial charge is 0.369 e. The summed E-state index contributed by atoms with van der Waals surface area (Å²) in [5.74, 6) is -1.82. The molecule has 0 bridgehead atoms. The van der Waals surface area contributed by atoms with Crippen molar-refractivity contribution in [2.45, 2.75) is 25.9 Å². The van der Waals surface area contributed by atoms with Crippen LogP contribution in [0.3, 0.4) is 0 Å². The minimum absolute atomic E-state index is 0.00146. The van der Waals surface area contributed by atoms with Crippen LogP contribution in [0.25, 0.3) is 0 Å². The van der Waals surface area contributed by atoms with E-state index in [1.165, 1.54) is 16.8 Å². The summed E-state index contributed by atoms with van der Waals surface area (Å²) >= 11 is 0. The molecule has 2 aromatic carbocycles. The molecular formula is C24H24F2N4O2. The molecule has 1 aliphatic heterocycles. The van der Waals surface area contributed by atoms with Gasteiger partial charge in [-0.1, -0.05) is 36.4 Å². The highest BCUT2D eigenvalue weighted by Gasteiger charge is 2.26. The maximum atomic E-state index is 13.8. The average Bonchev–Trinajstić information content (AvgIpc) is 2.80. The Morgan fingerprint density at radius 3 is 2.69 bits per heavy atom. The number of halogens is 2. The van der Waals surface area contributed by atoms with E-state index in [4.69, 9.17) is 0 Å². The fourth-order valence-electron chi connectivity index (χ4n) is 3.89. The second-order valence-electron chi connectivity index (χ2n) is 7.93. The number of hydrogen-bond acceptors (Lipinski definition) is 4. The van der Waals surface area contributed by atoms with Crippen molar-refractivity contribution in [1.82, 2.24) is 15.1 Å². The van der Waals surface area contributed by atoms with Crippen LogP contribution in [0.4, 0.5) is 14.5 Å². The standard InChI is InChI=1S/C24H24F2N4O2/c25-20-9-8-18(22(26)11-20)13-27-24(32)19-7-4-10-29(16-19)21-12-23(31)30(28-14-21)15-17-5-2-1-3-6-17/h1-3,5-6,8-9,11-12,14,19H,4,7,10,13,15-16H2,(H,27,32)/t19-/m0/s1. The predicted molar refractivity (Wildman–Crippen MR) is 117 cm³/mol. The number of anilines is 1. The SMILES string of the molecule is O=C(NCc1ccc(F)cc1F)[C@H]1CCCN(c2cnn(Cc3ccccc3)c(=O)c2)C1. The average molecular weight is 438 g/mol. The van der Waals surface area contributed by atoms with Gasteiger partial charge in [-0.3, -0.25) is 9.59 Å². The van der Waals surface area contributed by atoms with E-state index in [-0.39, 0.29) is 29.5 Å². The number of carbonyl (C=O) groups excluding carboxylic acids is 1. The summed E-state index contributed by atoms with van der Waals surface area (Å²) in [5, 5.41) is 7.04. The molecule has 1 fully saturated rings. The zero-order chi connectivity index (χ0) is 22.5. The summed E-state index contributed by atoms with van der Waals surface area (Å²) in [4.78, 5) is 27.2. The van der Waals surface area contributed by atoms with Gasteiger partial charge in [0.2, 0.25) is 5.91 Å². The van der Waals surface area contributed by atoms with E-state index in [9.17, 15) is 18.4 Å². The third-order valence-corrected chi connectivity index (χ3v) is 5.66. The van der Waals surface area contributed by atoms with Crippen molar-refractivity contribution in [3.63, 3.8) is 0 Å². The van der Waals surface area contributed by atoms with Crippen molar-refractivity contribution < 1.29 is 13.6 Å². The van der Waals surface area contributed by atoms with Crippen LogP contribution >= 0.6 is 0 Å². The molecule has 4 rings (SSSR count). The summed E-state index contributed by atoms with van der Waals surface area (Å²) in [6.45, 7) is 1.56. The second kappa shape index (κ2) is 9.72. The Morgan fingerprint density at radius 1 is 1.12 bits per heavy atom. The molecule has 1 aromatic heterocycles. The normalized spacial score (nSPS) is 16.1. The molecule has 1 N–H and O–H groups in total. The molecule has 0 unspecified atom stereocenters. The summed E-state index contributed by atoms with van der Waals surface area (Å²) in [6, 6.07) is 14.5. The number of benzene rings is 2. The van der Waals surface area contributed by atoms with Gasteiger partial charge in [0.05, 0.1) is 24.3 Å². The highest BCUT2D eigenvalue weighted by atomic mass is 19.1. The van der Waals surface area contributed by atoms with E-state index in [2.05, 4.69) is 10.4 Å². The third kappa shape index (κ3) is 5.19. The van der Waals surface area contributed by atoms with Gasteiger partial charge in [-0.25, -0.2) is 13.5 Å². The number of carbonyl (C=O) groups is 1. The smallest absolute Gasteiger partial charge is 0.269 e. The highest BCUT2D eigenvalue weighted by molar-refractivity contribution is 5.79. The van der Waals surface area contributed by atoms with Crippen LogP contribution in [0.5, 0.6) is 0 Å². The number of hydrogen-bond donors (Lipinski definition) is 1. The monoisotopic (exact) mass is 438 g/mol. The first-order chi connectivity index (χ1) is 15.5. The van der Waals surface area contributed by atoms with E-state index in [0.29, 0.717) is 25.2 Å². The number of nitrogens with one attached hydrogen (secondary N) is 1. The van der Waals surface area contributed by atoms with Crippen LogP contribution < -0.4 is 15.8 Å². The number of rotatable bonds is 6. The first-order valence-corrected chi connectivity index (χ1v) is 10.6. The summed E-state index contributed by atoms with van der Waals surface area (Å²) < 4.78 is 28.2. The maximum Gasteiger partial charge on any atom is 0.269 e. The van der Waals surface area contributed by atoms with E-state index in [0.717, 1.165) is 24.6 Å². The lowest BCUT2D eigenvalue weighted by atomic mass is 9.96. The van der Waals surface area contributed by atoms with Crippen molar-refractivity contribution in [3.8, 4) is 0 Å². The minimum atomic E-state index is -0.683. The molecule has 8 heteroatoms. The molecule has 2 heterocycles. The van der Waals surface area contributed by atoms with Crippen molar-refractivity contribution in [2.24, 2.45) is 5.92 Å². The Labute approximate surface area is 184 Å². The van der Waals surface area contributed by atoms with Crippen LogP contribution in [0, 0.1) is 17.6 Å². The van der Waals surface area contributed by atoms with E-state index in [1.807, 2.05) is 35.2 Å². The van der Waals surface area contributed by atoms with E-state index in [1.54, 1.807) is 12.3 Å². The first-order valence-electron chi connectivity index (χ1n) is 10.6. The minimum Gasteiger partial charge on any atom is -0.369 e. The number of aromatic nitrogens is 2. The van der Waals surface area contributed by atoms with E-state index >= 15 is 0 Å². The van der Waals surface area contributed by atoms with Crippen molar-refractivity contribution >= 4 is 11.6 Å². The van der Waals surface area contributed by atoms with Gasteiger partial charge in [0.1, 0.15) is 11.6 Å². The molecule has 1 saturated heterocycles. The second-order valence-corrected chi connectivity index (χ2v) is 7.93. The fourth-order valence-corrected chi connectivity index (χ4v) is 3.89. The molecule has 3 aromatic rings. The van der Waals surface area contributed by atoms with Gasteiger partial charge in [0, 0.05) is 37.3 Å². The molecular weight excluding hydrogens is 414 g/mol. The number of amides is 1. The van der Waals surface area contributed by atoms with Crippen LogP contribution in [0.1, 0.15) is 24.0 Å². The van der Waals surface area contributed by atoms with Gasteiger partial charge < -0.3 is 10.2 Å². The van der Waals surface area contributed by atoms with Crippen molar-refractivity contribution in [3.05, 3.63) is 93.9 Å². The molecule has 1 aliphatic rings. The quantitative estimate of drug-likeness (QED) is 0.642. The van der Waals surface area contributed by atoms with Gasteiger partial charge in [-0.05, 0) is 24.5 Å². The molecule has 0 radical (unpaired) electrons. The maximum absolute atomic E-state index is 13.8. The molecule has 32 heavy (non-hydrogen) atoms. The predicted octanol–water partition coefficient (Wildman–Crippen LogP) is 3.10. The molecule has 6 nitrogen and oxygen atoms in total. The summed E-state index contributed by atoms with van der Waals surface area (Å²) in [7, 11) is 0. The fraction of sp³-hybridized carbons (Fsp3) is 0.292. The Balaban J connectivity index is 1.38. The zero-order valence-electron chi connectivity index (χ0n) is 17.5. The van der Waals surface area contributed by atoms with Crippen LogP contribution in [0.2, 0.25) is 0 Å². The third-order valence-electron chi connectivity index (χ3n) is 5.66. The highest BCUT2D eigenvalue weighted by Crippen LogP contribution is 2.22. The number of nitrogens with zero attached hydrogens (tertiary/aromatic N) is 3. The Bertz CT molecular complexity index is 1150. The van der Waals surface area contributed by atoms with Crippen molar-refractivity contribution in [1.29, 1.82) is 0 Å². The lowest BCUT2D eigenvalue weighted by Gasteiger charge is -2.33. The van der Waals surface area contributed by atoms with Crippen molar-refractivity contribution in [2.75, 3.05) is 18.0 Å². The first kappa shape index (κ1) is 21.7. The molecule has 1 amide bonds. The Kier molecular flexibility index (Phi) is 6.58. The molecule has 0 saturated carbocycles. The molecule has 0 spiro atoms. The van der Waals surface area contributed by atoms with Gasteiger partial charge in [-0.2, -0.15) is 5.10 Å². The molecule has 1 atom stereocenters. The Hall–Kier alpha value is -3.55. The molecule has 166 valence electrons. The Morgan fingerprint density at radius 2 is 1.94 bits per heavy atom. The lowest BCUT2D eigenvalue weighted by Crippen LogP contribution is -2.43. The van der Waals surface area contributed by atoms with Gasteiger partial charge in [0.15, 0.2) is 0 Å². The zero-order valence-corrected chi connectivity index (χ0v) is 17.5. The van der Waals surface area contributed by atoms with Gasteiger partial charge in [-0.15, -0.1) is 0 Å². The number of piperidine rings is 1. The summed E-state index contributed by atoms with van der Waals surface area (Å²) in [5.41, 5.74) is 1.70. The van der Waals surface area contributed by atoms with Crippen LogP contribution in [0.15, 0.2) is 65.6 Å². The van der Waals surface area contributed by atoms with Gasteiger partial charge >= 0.3 is 0 Å². The van der Waals surface area contributed by atoms with Crippen LogP contribution in [-0.2, 0) is 17.9 Å². The lowest BCUT2D eigenvalue weighted by molar-refractivity contribution is -0.125. The van der Waals surface area contributed by atoms with Crippen LogP contribution in [-0.4, -0.2) is 28.8 Å². The van der Waals surface area contributed by atoms with Gasteiger partial charge in [0.25, 0.3) is 5.56 Å². The topological polar surface area (TPSA) is 67.2 Å².